The van der Waals surface area contributed by atoms with Gasteiger partial charge in [-0.2, -0.15) is 5.10 Å². The molecule has 0 unspecified atom stereocenters. The van der Waals surface area contributed by atoms with E-state index in [-0.39, 0.29) is 11.8 Å². The van der Waals surface area contributed by atoms with Crippen molar-refractivity contribution in [1.82, 2.24) is 15.5 Å². The van der Waals surface area contributed by atoms with Crippen LogP contribution < -0.4 is 5.32 Å². The van der Waals surface area contributed by atoms with Crippen LogP contribution in [0.5, 0.6) is 0 Å². The number of nitrogens with zero attached hydrogens (tertiary/aromatic N) is 1. The highest BCUT2D eigenvalue weighted by atomic mass is 16.5. The summed E-state index contributed by atoms with van der Waals surface area (Å²) in [7, 11) is 0. The molecule has 2 fully saturated rings. The standard InChI is InChI=1S/C16H25N3O2/c1-11-4-2-3-5-12(11)8-17-16(20)14-9-18-19-15(14)13-6-7-21-10-13/h9,11-13H,2-8,10H2,1H3,(H,17,20)(H,18,19)/t11-,12-,13+/m1/s1. The van der Waals surface area contributed by atoms with Gasteiger partial charge in [0.25, 0.3) is 5.91 Å². The highest BCUT2D eigenvalue weighted by Gasteiger charge is 2.26. The molecule has 3 atom stereocenters. The molecule has 0 aromatic carbocycles. The predicted molar refractivity (Wildman–Crippen MR) is 80.2 cm³/mol. The van der Waals surface area contributed by atoms with Crippen LogP contribution in [0.3, 0.4) is 0 Å². The van der Waals surface area contributed by atoms with E-state index in [1.54, 1.807) is 6.20 Å². The third kappa shape index (κ3) is 3.28. The molecule has 1 amide bonds. The molecule has 0 radical (unpaired) electrons. The fourth-order valence-corrected chi connectivity index (χ4v) is 3.57. The van der Waals surface area contributed by atoms with Crippen LogP contribution in [0.4, 0.5) is 0 Å². The van der Waals surface area contributed by atoms with E-state index < -0.39 is 0 Å². The van der Waals surface area contributed by atoms with Gasteiger partial charge in [-0.15, -0.1) is 0 Å². The van der Waals surface area contributed by atoms with Crippen LogP contribution in [0.1, 0.15) is 61.0 Å². The maximum atomic E-state index is 12.4. The van der Waals surface area contributed by atoms with Crippen LogP contribution in [-0.2, 0) is 4.74 Å². The number of hydrogen-bond acceptors (Lipinski definition) is 3. The summed E-state index contributed by atoms with van der Waals surface area (Å²) in [5.74, 6) is 1.62. The highest BCUT2D eigenvalue weighted by Crippen LogP contribution is 2.29. The van der Waals surface area contributed by atoms with E-state index >= 15 is 0 Å². The van der Waals surface area contributed by atoms with Gasteiger partial charge in [-0.05, 0) is 24.7 Å². The number of nitrogens with one attached hydrogen (secondary N) is 2. The van der Waals surface area contributed by atoms with E-state index in [1.165, 1.54) is 25.7 Å². The zero-order valence-corrected chi connectivity index (χ0v) is 12.7. The molecule has 0 bridgehead atoms. The Hall–Kier alpha value is -1.36. The van der Waals surface area contributed by atoms with E-state index in [1.807, 2.05) is 0 Å². The minimum atomic E-state index is 0.00317. The van der Waals surface area contributed by atoms with Gasteiger partial charge in [-0.25, -0.2) is 0 Å². The van der Waals surface area contributed by atoms with Crippen LogP contribution in [0.25, 0.3) is 0 Å². The first-order valence-electron chi connectivity index (χ1n) is 8.15. The molecular weight excluding hydrogens is 266 g/mol. The van der Waals surface area contributed by atoms with Crippen LogP contribution in [0, 0.1) is 11.8 Å². The third-order valence-electron chi connectivity index (χ3n) is 5.07. The third-order valence-corrected chi connectivity index (χ3v) is 5.07. The molecular formula is C16H25N3O2. The molecule has 0 spiro atoms. The Morgan fingerprint density at radius 3 is 3.05 bits per heavy atom. The van der Waals surface area contributed by atoms with Crippen molar-refractivity contribution in [3.8, 4) is 0 Å². The van der Waals surface area contributed by atoms with Gasteiger partial charge in [-0.3, -0.25) is 9.89 Å². The topological polar surface area (TPSA) is 67.0 Å². The number of carbonyl (C=O) groups is 1. The Morgan fingerprint density at radius 1 is 1.43 bits per heavy atom. The average Bonchev–Trinajstić information content (AvgIpc) is 3.16. The molecule has 5 heteroatoms. The van der Waals surface area contributed by atoms with E-state index in [0.717, 1.165) is 25.3 Å². The first-order chi connectivity index (χ1) is 10.3. The molecule has 2 aliphatic rings. The number of carbonyl (C=O) groups excluding carboxylic acids is 1. The van der Waals surface area contributed by atoms with E-state index in [9.17, 15) is 4.79 Å². The number of amides is 1. The Bertz CT molecular complexity index is 480. The number of hydrogen-bond donors (Lipinski definition) is 2. The van der Waals surface area contributed by atoms with Crippen LogP contribution in [-0.4, -0.2) is 35.9 Å². The van der Waals surface area contributed by atoms with Gasteiger partial charge in [0.1, 0.15) is 0 Å². The van der Waals surface area contributed by atoms with Crippen molar-refractivity contribution >= 4 is 5.91 Å². The lowest BCUT2D eigenvalue weighted by atomic mass is 9.80. The van der Waals surface area contributed by atoms with Gasteiger partial charge >= 0.3 is 0 Å². The number of aromatic nitrogens is 2. The molecule has 2 N–H and O–H groups in total. The fourth-order valence-electron chi connectivity index (χ4n) is 3.57. The molecule has 1 aliphatic carbocycles. The van der Waals surface area contributed by atoms with Gasteiger partial charge in [0, 0.05) is 19.1 Å². The second-order valence-corrected chi connectivity index (χ2v) is 6.49. The second-order valence-electron chi connectivity index (χ2n) is 6.49. The van der Waals surface area contributed by atoms with Gasteiger partial charge in [0.05, 0.1) is 24.1 Å². The van der Waals surface area contributed by atoms with Crippen LogP contribution >= 0.6 is 0 Å². The number of rotatable bonds is 4. The second kappa shape index (κ2) is 6.60. The van der Waals surface area contributed by atoms with E-state index in [0.29, 0.717) is 24.0 Å². The largest absolute Gasteiger partial charge is 0.381 e. The minimum absolute atomic E-state index is 0.00317. The van der Waals surface area contributed by atoms with Gasteiger partial charge in [0.2, 0.25) is 0 Å². The van der Waals surface area contributed by atoms with Crippen LogP contribution in [0.15, 0.2) is 6.20 Å². The molecule has 1 aromatic heterocycles. The molecule has 1 saturated heterocycles. The zero-order chi connectivity index (χ0) is 14.7. The maximum Gasteiger partial charge on any atom is 0.254 e. The first-order valence-corrected chi connectivity index (χ1v) is 8.15. The molecule has 116 valence electrons. The van der Waals surface area contributed by atoms with E-state index in [2.05, 4.69) is 22.4 Å². The fraction of sp³-hybridized carbons (Fsp3) is 0.750. The SMILES string of the molecule is C[C@@H]1CCCC[C@@H]1CNC(=O)c1cn[nH]c1[C@H]1CCOC1. The Morgan fingerprint density at radius 2 is 2.29 bits per heavy atom. The quantitative estimate of drug-likeness (QED) is 0.895. The number of ether oxygens (including phenoxy) is 1. The molecule has 5 nitrogen and oxygen atoms in total. The lowest BCUT2D eigenvalue weighted by Crippen LogP contribution is -2.33. The van der Waals surface area contributed by atoms with E-state index in [4.69, 9.17) is 4.74 Å². The molecule has 2 heterocycles. The summed E-state index contributed by atoms with van der Waals surface area (Å²) < 4.78 is 5.41. The minimum Gasteiger partial charge on any atom is -0.381 e. The lowest BCUT2D eigenvalue weighted by Gasteiger charge is -2.28. The van der Waals surface area contributed by atoms with Gasteiger partial charge < -0.3 is 10.1 Å². The molecule has 21 heavy (non-hydrogen) atoms. The summed E-state index contributed by atoms with van der Waals surface area (Å²) >= 11 is 0. The predicted octanol–water partition coefficient (Wildman–Crippen LogP) is 2.47. The van der Waals surface area contributed by atoms with Crippen LogP contribution in [0.2, 0.25) is 0 Å². The lowest BCUT2D eigenvalue weighted by molar-refractivity contribution is 0.0935. The average molecular weight is 291 g/mol. The molecule has 1 aromatic rings. The van der Waals surface area contributed by atoms with Crippen molar-refractivity contribution in [3.63, 3.8) is 0 Å². The molecule has 1 saturated carbocycles. The zero-order valence-electron chi connectivity index (χ0n) is 12.7. The van der Waals surface area contributed by atoms with Crippen molar-refractivity contribution in [2.24, 2.45) is 11.8 Å². The summed E-state index contributed by atoms with van der Waals surface area (Å²) in [6.07, 6.45) is 7.75. The number of H-pyrrole nitrogens is 1. The Labute approximate surface area is 125 Å². The number of aromatic amines is 1. The van der Waals surface area contributed by atoms with Crippen molar-refractivity contribution in [2.75, 3.05) is 19.8 Å². The summed E-state index contributed by atoms with van der Waals surface area (Å²) in [5.41, 5.74) is 1.62. The summed E-state index contributed by atoms with van der Waals surface area (Å²) in [4.78, 5) is 12.4. The van der Waals surface area contributed by atoms with Crippen molar-refractivity contribution in [3.05, 3.63) is 17.5 Å². The Balaban J connectivity index is 1.59. The first kappa shape index (κ1) is 14.6. The van der Waals surface area contributed by atoms with Crippen molar-refractivity contribution in [1.29, 1.82) is 0 Å². The maximum absolute atomic E-state index is 12.4. The smallest absolute Gasteiger partial charge is 0.254 e. The monoisotopic (exact) mass is 291 g/mol. The summed E-state index contributed by atoms with van der Waals surface area (Å²) in [5, 5.41) is 10.1. The summed E-state index contributed by atoms with van der Waals surface area (Å²) in [6, 6.07) is 0. The summed E-state index contributed by atoms with van der Waals surface area (Å²) in [6.45, 7) is 4.54. The van der Waals surface area contributed by atoms with Gasteiger partial charge in [0.15, 0.2) is 0 Å². The van der Waals surface area contributed by atoms with Crippen molar-refractivity contribution < 1.29 is 9.53 Å². The Kier molecular flexibility index (Phi) is 4.58. The van der Waals surface area contributed by atoms with Crippen molar-refractivity contribution in [2.45, 2.75) is 44.9 Å². The van der Waals surface area contributed by atoms with Gasteiger partial charge in [-0.1, -0.05) is 26.2 Å². The molecule has 3 rings (SSSR count). The highest BCUT2D eigenvalue weighted by molar-refractivity contribution is 5.95. The molecule has 1 aliphatic heterocycles. The normalized spacial score (nSPS) is 29.5.